The van der Waals surface area contributed by atoms with Gasteiger partial charge in [0, 0.05) is 36.0 Å². The molecule has 0 saturated carbocycles. The van der Waals surface area contributed by atoms with Crippen LogP contribution in [0, 0.1) is 29.1 Å². The van der Waals surface area contributed by atoms with Gasteiger partial charge in [-0.05, 0) is 68.0 Å². The summed E-state index contributed by atoms with van der Waals surface area (Å²) in [4.78, 5) is 44.2. The van der Waals surface area contributed by atoms with E-state index in [-0.39, 0.29) is 28.8 Å². The Balaban J connectivity index is 1.93. The average molecular weight is 538 g/mol. The van der Waals surface area contributed by atoms with Crippen molar-refractivity contribution in [3.8, 4) is 6.07 Å². The number of carbonyl (C=O) groups excluding carboxylic acids is 3. The van der Waals surface area contributed by atoms with E-state index >= 15 is 0 Å². The van der Waals surface area contributed by atoms with E-state index in [1.54, 1.807) is 29.2 Å². The number of nitriles is 1. The number of halogens is 3. The molecule has 0 aliphatic carbocycles. The molecule has 0 spiro atoms. The fraction of sp³-hybridized carbons (Fsp3) is 0.400. The minimum atomic E-state index is -4.64. The number of piperidine rings is 1. The molecule has 9 heteroatoms. The Morgan fingerprint density at radius 1 is 1.03 bits per heavy atom. The van der Waals surface area contributed by atoms with Crippen molar-refractivity contribution in [3.63, 3.8) is 0 Å². The van der Waals surface area contributed by atoms with Crippen molar-refractivity contribution < 1.29 is 27.6 Å². The molecule has 2 aromatic rings. The van der Waals surface area contributed by atoms with Crippen LogP contribution >= 0.6 is 0 Å². The summed E-state index contributed by atoms with van der Waals surface area (Å²) in [5.74, 6) is -3.47. The van der Waals surface area contributed by atoms with E-state index in [0.717, 1.165) is 23.5 Å². The summed E-state index contributed by atoms with van der Waals surface area (Å²) in [6.07, 6.45) is -3.72. The molecular weight excluding hydrogens is 507 g/mol. The molecule has 4 unspecified atom stereocenters. The summed E-state index contributed by atoms with van der Waals surface area (Å²) in [5, 5.41) is 9.25. The number of nitrogens with zero attached hydrogens (tertiary/aromatic N) is 3. The maximum Gasteiger partial charge on any atom is 0.416 e. The first kappa shape index (κ1) is 28.1. The smallest absolute Gasteiger partial charge is 0.341 e. The summed E-state index contributed by atoms with van der Waals surface area (Å²) in [6, 6.07) is 12.7. The molecule has 39 heavy (non-hydrogen) atoms. The second-order valence-electron chi connectivity index (χ2n) is 10.7. The van der Waals surface area contributed by atoms with E-state index < -0.39 is 41.2 Å². The summed E-state index contributed by atoms with van der Waals surface area (Å²) in [5.41, 5.74) is 0.215. The normalized spacial score (nSPS) is 24.0. The highest BCUT2D eigenvalue weighted by atomic mass is 19.4. The van der Waals surface area contributed by atoms with Crippen LogP contribution in [0.15, 0.2) is 59.8 Å². The SMILES string of the molecule is CC(=O)C1=C(C)N(c2cccc(C(F)(F)F)c2)C(=O)C(C(=O)N2CC(C)CC(C)C2)C1c1ccc(C#N)cc1. The Morgan fingerprint density at radius 2 is 1.64 bits per heavy atom. The molecule has 2 aromatic carbocycles. The predicted molar refractivity (Wildman–Crippen MR) is 139 cm³/mol. The van der Waals surface area contributed by atoms with Crippen molar-refractivity contribution in [2.75, 3.05) is 18.0 Å². The second-order valence-corrected chi connectivity index (χ2v) is 10.7. The molecule has 1 saturated heterocycles. The van der Waals surface area contributed by atoms with Gasteiger partial charge in [-0.15, -0.1) is 0 Å². The molecule has 2 aliphatic rings. The van der Waals surface area contributed by atoms with Gasteiger partial charge >= 0.3 is 6.18 Å². The zero-order valence-electron chi connectivity index (χ0n) is 22.2. The van der Waals surface area contributed by atoms with Crippen LogP contribution in [0.4, 0.5) is 18.9 Å². The number of Topliss-reactive ketones (excluding diaryl/α,β-unsaturated/α-hetero) is 1. The van der Waals surface area contributed by atoms with Crippen molar-refractivity contribution in [3.05, 3.63) is 76.5 Å². The minimum Gasteiger partial charge on any atom is -0.341 e. The quantitative estimate of drug-likeness (QED) is 0.469. The van der Waals surface area contributed by atoms with Crippen LogP contribution in [0.3, 0.4) is 0 Å². The van der Waals surface area contributed by atoms with Crippen molar-refractivity contribution in [2.24, 2.45) is 17.8 Å². The monoisotopic (exact) mass is 537 g/mol. The molecule has 2 heterocycles. The lowest BCUT2D eigenvalue weighted by Gasteiger charge is -2.43. The number of allylic oxidation sites excluding steroid dienone is 2. The molecule has 1 fully saturated rings. The van der Waals surface area contributed by atoms with E-state index in [4.69, 9.17) is 0 Å². The van der Waals surface area contributed by atoms with Crippen LogP contribution in [0.5, 0.6) is 0 Å². The van der Waals surface area contributed by atoms with Crippen LogP contribution < -0.4 is 4.90 Å². The number of carbonyl (C=O) groups is 3. The van der Waals surface area contributed by atoms with Crippen molar-refractivity contribution >= 4 is 23.3 Å². The lowest BCUT2D eigenvalue weighted by atomic mass is 9.73. The highest BCUT2D eigenvalue weighted by Crippen LogP contribution is 2.44. The van der Waals surface area contributed by atoms with Crippen molar-refractivity contribution in [1.29, 1.82) is 5.26 Å². The van der Waals surface area contributed by atoms with Crippen molar-refractivity contribution in [2.45, 2.75) is 46.2 Å². The molecule has 0 aromatic heterocycles. The fourth-order valence-electron chi connectivity index (χ4n) is 5.99. The third-order valence-corrected chi connectivity index (χ3v) is 7.51. The van der Waals surface area contributed by atoms with Gasteiger partial charge < -0.3 is 4.90 Å². The second kappa shape index (κ2) is 10.7. The molecule has 6 nitrogen and oxygen atoms in total. The Hall–Kier alpha value is -3.93. The predicted octanol–water partition coefficient (Wildman–Crippen LogP) is 5.69. The topological polar surface area (TPSA) is 81.5 Å². The maximum absolute atomic E-state index is 14.2. The van der Waals surface area contributed by atoms with E-state index in [2.05, 4.69) is 0 Å². The Bertz CT molecular complexity index is 1360. The number of ketones is 1. The summed E-state index contributed by atoms with van der Waals surface area (Å²) in [6.45, 7) is 7.76. The van der Waals surface area contributed by atoms with Gasteiger partial charge in [0.05, 0.1) is 17.2 Å². The van der Waals surface area contributed by atoms with Gasteiger partial charge in [-0.25, -0.2) is 0 Å². The number of alkyl halides is 3. The molecule has 4 rings (SSSR count). The van der Waals surface area contributed by atoms with E-state index in [9.17, 15) is 32.8 Å². The average Bonchev–Trinajstić information content (AvgIpc) is 2.87. The zero-order valence-corrected chi connectivity index (χ0v) is 22.2. The van der Waals surface area contributed by atoms with E-state index in [1.165, 1.54) is 26.0 Å². The Morgan fingerprint density at radius 3 is 2.18 bits per heavy atom. The van der Waals surface area contributed by atoms with Crippen molar-refractivity contribution in [1.82, 2.24) is 4.90 Å². The lowest BCUT2D eigenvalue weighted by Crippen LogP contribution is -2.54. The molecule has 0 N–H and O–H groups in total. The first-order chi connectivity index (χ1) is 18.3. The lowest BCUT2D eigenvalue weighted by molar-refractivity contribution is -0.144. The summed E-state index contributed by atoms with van der Waals surface area (Å²) in [7, 11) is 0. The number of likely N-dealkylation sites (tertiary alicyclic amines) is 1. The first-order valence-corrected chi connectivity index (χ1v) is 12.8. The first-order valence-electron chi connectivity index (χ1n) is 12.8. The third-order valence-electron chi connectivity index (χ3n) is 7.51. The molecule has 2 amide bonds. The number of benzene rings is 2. The van der Waals surface area contributed by atoms with Crippen LogP contribution in [0.1, 0.15) is 56.7 Å². The van der Waals surface area contributed by atoms with Gasteiger partial charge in [-0.3, -0.25) is 19.3 Å². The maximum atomic E-state index is 14.2. The van der Waals surface area contributed by atoms with E-state index in [0.29, 0.717) is 24.2 Å². The molecule has 204 valence electrons. The van der Waals surface area contributed by atoms with Gasteiger partial charge in [-0.1, -0.05) is 32.0 Å². The van der Waals surface area contributed by atoms with E-state index in [1.807, 2.05) is 19.9 Å². The van der Waals surface area contributed by atoms with Gasteiger partial charge in [0.2, 0.25) is 11.8 Å². The zero-order chi connectivity index (χ0) is 28.6. The molecule has 0 bridgehead atoms. The van der Waals surface area contributed by atoms with Crippen LogP contribution in [0.2, 0.25) is 0 Å². The highest BCUT2D eigenvalue weighted by molar-refractivity contribution is 6.15. The number of anilines is 1. The number of amides is 2. The van der Waals surface area contributed by atoms with Gasteiger partial charge in [0.1, 0.15) is 5.92 Å². The largest absolute Gasteiger partial charge is 0.416 e. The third kappa shape index (κ3) is 5.47. The fourth-order valence-corrected chi connectivity index (χ4v) is 5.99. The van der Waals surface area contributed by atoms with Crippen LogP contribution in [-0.2, 0) is 20.6 Å². The van der Waals surface area contributed by atoms with Gasteiger partial charge in [0.15, 0.2) is 5.78 Å². The number of hydrogen-bond donors (Lipinski definition) is 0. The summed E-state index contributed by atoms with van der Waals surface area (Å²) >= 11 is 0. The van der Waals surface area contributed by atoms with Gasteiger partial charge in [0.25, 0.3) is 0 Å². The number of rotatable bonds is 4. The standard InChI is InChI=1S/C30H30F3N3O3/c1-17-12-18(2)16-35(15-17)28(38)27-26(22-10-8-21(14-34)9-11-22)25(20(4)37)19(3)36(29(27)39)24-7-5-6-23(13-24)30(31,32)33/h5-11,13,17-18,26-27H,12,15-16H2,1-4H3. The summed E-state index contributed by atoms with van der Waals surface area (Å²) < 4.78 is 40.6. The Kier molecular flexibility index (Phi) is 7.69. The minimum absolute atomic E-state index is 0.0671. The molecule has 2 aliphatic heterocycles. The van der Waals surface area contributed by atoms with Crippen LogP contribution in [0.25, 0.3) is 0 Å². The molecular formula is C30H30F3N3O3. The molecule has 4 atom stereocenters. The van der Waals surface area contributed by atoms with Gasteiger partial charge in [-0.2, -0.15) is 18.4 Å². The Labute approximate surface area is 225 Å². The molecule has 0 radical (unpaired) electrons. The highest BCUT2D eigenvalue weighted by Gasteiger charge is 2.49. The van der Waals surface area contributed by atoms with Crippen LogP contribution in [-0.4, -0.2) is 35.6 Å². The number of hydrogen-bond acceptors (Lipinski definition) is 4.